The largest absolute Gasteiger partial charge is 0.480 e. The number of amides is 1. The lowest BCUT2D eigenvalue weighted by Gasteiger charge is -2.21. The topological polar surface area (TPSA) is 73.4 Å². The smallest absolute Gasteiger partial charge is 0.326 e. The lowest BCUT2D eigenvalue weighted by Crippen LogP contribution is -2.40. The van der Waals surface area contributed by atoms with E-state index in [9.17, 15) is 14.0 Å². The standard InChI is InChI=1S/C14H15FN2O3/c1-8(14(19)20)17(2)13(18)5-9-7-16-12-6-10(15)3-4-11(9)12/h3-4,6-8,16H,5H2,1-2H3,(H,19,20). The second-order valence-electron chi connectivity index (χ2n) is 4.70. The molecule has 20 heavy (non-hydrogen) atoms. The van der Waals surface area contributed by atoms with Crippen LogP contribution in [0.2, 0.25) is 0 Å². The Morgan fingerprint density at radius 1 is 1.45 bits per heavy atom. The Kier molecular flexibility index (Phi) is 3.74. The van der Waals surface area contributed by atoms with Gasteiger partial charge < -0.3 is 15.0 Å². The molecule has 106 valence electrons. The zero-order chi connectivity index (χ0) is 14.9. The summed E-state index contributed by atoms with van der Waals surface area (Å²) < 4.78 is 13.1. The van der Waals surface area contributed by atoms with Crippen LogP contribution in [0.15, 0.2) is 24.4 Å². The van der Waals surface area contributed by atoms with Crippen molar-refractivity contribution in [2.75, 3.05) is 7.05 Å². The van der Waals surface area contributed by atoms with E-state index < -0.39 is 12.0 Å². The van der Waals surface area contributed by atoms with E-state index in [4.69, 9.17) is 5.11 Å². The van der Waals surface area contributed by atoms with Crippen LogP contribution in [0.3, 0.4) is 0 Å². The van der Waals surface area contributed by atoms with E-state index in [1.807, 2.05) is 0 Å². The summed E-state index contributed by atoms with van der Waals surface area (Å²) >= 11 is 0. The van der Waals surface area contributed by atoms with Gasteiger partial charge in [0.05, 0.1) is 6.42 Å². The van der Waals surface area contributed by atoms with Gasteiger partial charge in [-0.3, -0.25) is 4.79 Å². The number of fused-ring (bicyclic) bond motifs is 1. The average molecular weight is 278 g/mol. The van der Waals surface area contributed by atoms with Crippen molar-refractivity contribution in [3.63, 3.8) is 0 Å². The minimum Gasteiger partial charge on any atom is -0.480 e. The van der Waals surface area contributed by atoms with E-state index in [0.29, 0.717) is 5.52 Å². The number of hydrogen-bond donors (Lipinski definition) is 2. The highest BCUT2D eigenvalue weighted by Gasteiger charge is 2.22. The van der Waals surface area contributed by atoms with Crippen molar-refractivity contribution in [1.82, 2.24) is 9.88 Å². The molecule has 0 saturated heterocycles. The molecule has 2 N–H and O–H groups in total. The summed E-state index contributed by atoms with van der Waals surface area (Å²) in [4.78, 5) is 27.0. The highest BCUT2D eigenvalue weighted by molar-refractivity contribution is 5.90. The van der Waals surface area contributed by atoms with Gasteiger partial charge in [-0.2, -0.15) is 0 Å². The van der Waals surface area contributed by atoms with Gasteiger partial charge in [0, 0.05) is 24.1 Å². The highest BCUT2D eigenvalue weighted by Crippen LogP contribution is 2.20. The van der Waals surface area contributed by atoms with Gasteiger partial charge in [-0.15, -0.1) is 0 Å². The number of rotatable bonds is 4. The number of hydrogen-bond acceptors (Lipinski definition) is 2. The molecular formula is C14H15FN2O3. The molecule has 6 heteroatoms. The third kappa shape index (κ3) is 2.64. The molecule has 1 aromatic heterocycles. The van der Waals surface area contributed by atoms with Gasteiger partial charge >= 0.3 is 5.97 Å². The van der Waals surface area contributed by atoms with Crippen LogP contribution in [-0.2, 0) is 16.0 Å². The number of carbonyl (C=O) groups is 2. The fourth-order valence-electron chi connectivity index (χ4n) is 1.97. The van der Waals surface area contributed by atoms with Crippen molar-refractivity contribution in [3.05, 3.63) is 35.8 Å². The molecule has 0 aliphatic carbocycles. The molecule has 0 bridgehead atoms. The van der Waals surface area contributed by atoms with Crippen molar-refractivity contribution >= 4 is 22.8 Å². The van der Waals surface area contributed by atoms with Crippen molar-refractivity contribution in [2.24, 2.45) is 0 Å². The van der Waals surface area contributed by atoms with Crippen LogP contribution in [0.5, 0.6) is 0 Å². The van der Waals surface area contributed by atoms with Gasteiger partial charge in [-0.25, -0.2) is 9.18 Å². The Morgan fingerprint density at radius 3 is 2.80 bits per heavy atom. The molecule has 5 nitrogen and oxygen atoms in total. The van der Waals surface area contributed by atoms with Gasteiger partial charge in [-0.05, 0) is 30.7 Å². The first kappa shape index (κ1) is 14.0. The summed E-state index contributed by atoms with van der Waals surface area (Å²) in [5, 5.41) is 9.65. The van der Waals surface area contributed by atoms with Crippen LogP contribution in [-0.4, -0.2) is 40.0 Å². The molecule has 0 spiro atoms. The molecule has 2 aromatic rings. The van der Waals surface area contributed by atoms with Gasteiger partial charge in [-0.1, -0.05) is 0 Å². The SMILES string of the molecule is CC(C(=O)O)N(C)C(=O)Cc1c[nH]c2cc(F)ccc12. The number of carbonyl (C=O) groups excluding carboxylic acids is 1. The van der Waals surface area contributed by atoms with Crippen LogP contribution < -0.4 is 0 Å². The fourth-order valence-corrected chi connectivity index (χ4v) is 1.97. The van der Waals surface area contributed by atoms with Gasteiger partial charge in [0.1, 0.15) is 11.9 Å². The Balaban J connectivity index is 2.20. The normalized spacial score (nSPS) is 12.3. The molecule has 0 radical (unpaired) electrons. The third-order valence-corrected chi connectivity index (χ3v) is 3.40. The zero-order valence-corrected chi connectivity index (χ0v) is 11.2. The summed E-state index contributed by atoms with van der Waals surface area (Å²) in [7, 11) is 1.45. The molecule has 1 unspecified atom stereocenters. The minimum atomic E-state index is -1.05. The van der Waals surface area contributed by atoms with Crippen LogP contribution >= 0.6 is 0 Å². The van der Waals surface area contributed by atoms with E-state index in [1.165, 1.54) is 31.0 Å². The maximum atomic E-state index is 13.1. The summed E-state index contributed by atoms with van der Waals surface area (Å²) in [6, 6.07) is 3.40. The van der Waals surface area contributed by atoms with Gasteiger partial charge in [0.15, 0.2) is 0 Å². The van der Waals surface area contributed by atoms with Crippen molar-refractivity contribution in [3.8, 4) is 0 Å². The summed E-state index contributed by atoms with van der Waals surface area (Å²) in [5.74, 6) is -1.71. The van der Waals surface area contributed by atoms with Crippen LogP contribution in [0.4, 0.5) is 4.39 Å². The molecule has 0 saturated carbocycles. The predicted molar refractivity (Wildman–Crippen MR) is 71.8 cm³/mol. The van der Waals surface area contributed by atoms with Crippen LogP contribution in [0.1, 0.15) is 12.5 Å². The van der Waals surface area contributed by atoms with Crippen LogP contribution in [0, 0.1) is 5.82 Å². The van der Waals surface area contributed by atoms with Gasteiger partial charge in [0.2, 0.25) is 5.91 Å². The molecule has 1 heterocycles. The minimum absolute atomic E-state index is 0.0692. The molecule has 0 aliphatic rings. The Bertz CT molecular complexity index is 665. The van der Waals surface area contributed by atoms with Crippen molar-refractivity contribution in [1.29, 1.82) is 0 Å². The summed E-state index contributed by atoms with van der Waals surface area (Å²) in [6.07, 6.45) is 1.71. The number of nitrogens with zero attached hydrogens (tertiary/aromatic N) is 1. The Labute approximate surface area is 115 Å². The number of carboxylic acid groups (broad SMARTS) is 1. The molecule has 1 atom stereocenters. The lowest BCUT2D eigenvalue weighted by atomic mass is 10.1. The Morgan fingerprint density at radius 2 is 2.15 bits per heavy atom. The number of likely N-dealkylation sites (N-methyl/N-ethyl adjacent to an activating group) is 1. The van der Waals surface area contributed by atoms with Crippen molar-refractivity contribution < 1.29 is 19.1 Å². The average Bonchev–Trinajstić information content (AvgIpc) is 2.79. The maximum Gasteiger partial charge on any atom is 0.326 e. The second-order valence-corrected chi connectivity index (χ2v) is 4.70. The number of H-pyrrole nitrogens is 1. The van der Waals surface area contributed by atoms with Gasteiger partial charge in [0.25, 0.3) is 0 Å². The fraction of sp³-hybridized carbons (Fsp3) is 0.286. The molecule has 1 amide bonds. The number of halogens is 1. The third-order valence-electron chi connectivity index (χ3n) is 3.40. The predicted octanol–water partition coefficient (Wildman–Crippen LogP) is 1.78. The van der Waals surface area contributed by atoms with E-state index in [1.54, 1.807) is 12.3 Å². The Hall–Kier alpha value is -2.37. The number of aliphatic carboxylic acids is 1. The quantitative estimate of drug-likeness (QED) is 0.895. The number of carboxylic acids is 1. The first-order valence-electron chi connectivity index (χ1n) is 6.14. The summed E-state index contributed by atoms with van der Waals surface area (Å²) in [6.45, 7) is 1.45. The maximum absolute atomic E-state index is 13.1. The summed E-state index contributed by atoms with van der Waals surface area (Å²) in [5.41, 5.74) is 1.33. The van der Waals surface area contributed by atoms with Crippen LogP contribution in [0.25, 0.3) is 10.9 Å². The molecule has 2 rings (SSSR count). The van der Waals surface area contributed by atoms with E-state index in [0.717, 1.165) is 10.9 Å². The number of nitrogens with one attached hydrogen (secondary N) is 1. The first-order valence-corrected chi connectivity index (χ1v) is 6.14. The number of aromatic amines is 1. The molecule has 0 fully saturated rings. The van der Waals surface area contributed by atoms with E-state index in [2.05, 4.69) is 4.98 Å². The second kappa shape index (κ2) is 5.32. The first-order chi connectivity index (χ1) is 9.40. The van der Waals surface area contributed by atoms with Crippen molar-refractivity contribution in [2.45, 2.75) is 19.4 Å². The highest BCUT2D eigenvalue weighted by atomic mass is 19.1. The van der Waals surface area contributed by atoms with E-state index in [-0.39, 0.29) is 18.1 Å². The molecular weight excluding hydrogens is 263 g/mol. The number of benzene rings is 1. The molecule has 1 aromatic carbocycles. The lowest BCUT2D eigenvalue weighted by molar-refractivity contribution is -0.147. The number of aromatic nitrogens is 1. The van der Waals surface area contributed by atoms with E-state index >= 15 is 0 Å². The molecule has 0 aliphatic heterocycles. The zero-order valence-electron chi connectivity index (χ0n) is 11.2. The monoisotopic (exact) mass is 278 g/mol.